The summed E-state index contributed by atoms with van der Waals surface area (Å²) in [5.74, 6) is 0.776. The van der Waals surface area contributed by atoms with Crippen molar-refractivity contribution in [3.63, 3.8) is 0 Å². The van der Waals surface area contributed by atoms with E-state index in [1.165, 1.54) is 5.56 Å². The van der Waals surface area contributed by atoms with E-state index in [0.29, 0.717) is 26.3 Å². The Kier molecular flexibility index (Phi) is 10.9. The summed E-state index contributed by atoms with van der Waals surface area (Å²) in [4.78, 5) is 9.08. The van der Waals surface area contributed by atoms with Crippen LogP contribution < -0.4 is 10.6 Å². The van der Waals surface area contributed by atoms with Crippen molar-refractivity contribution in [2.45, 2.75) is 33.2 Å². The van der Waals surface area contributed by atoms with Crippen LogP contribution in [0.15, 0.2) is 84.0 Å². The molecule has 0 amide bonds. The number of guanidine groups is 1. The first-order valence-electron chi connectivity index (χ1n) is 9.95. The van der Waals surface area contributed by atoms with Crippen LogP contribution in [0.1, 0.15) is 29.3 Å². The Labute approximate surface area is 196 Å². The minimum Gasteiger partial charge on any atom is -0.372 e. The van der Waals surface area contributed by atoms with Gasteiger partial charge in [-0.25, -0.2) is 4.99 Å². The Balaban J connectivity index is 0.00000320. The molecule has 0 spiro atoms. The Hall–Kier alpha value is -2.45. The number of halogens is 1. The molecule has 0 aliphatic carbocycles. The molecule has 0 aliphatic rings. The van der Waals surface area contributed by atoms with Crippen molar-refractivity contribution in [3.8, 4) is 0 Å². The average molecular weight is 516 g/mol. The fourth-order valence-corrected chi connectivity index (χ4v) is 2.89. The zero-order valence-electron chi connectivity index (χ0n) is 17.3. The van der Waals surface area contributed by atoms with Crippen LogP contribution in [0, 0.1) is 0 Å². The highest BCUT2D eigenvalue weighted by Crippen LogP contribution is 2.13. The molecule has 0 saturated carbocycles. The summed E-state index contributed by atoms with van der Waals surface area (Å²) in [6, 6.07) is 24.4. The molecule has 158 valence electrons. The molecule has 0 saturated heterocycles. The van der Waals surface area contributed by atoms with Gasteiger partial charge in [0, 0.05) is 12.7 Å². The third kappa shape index (κ3) is 8.12. The van der Waals surface area contributed by atoms with Gasteiger partial charge < -0.3 is 15.4 Å². The van der Waals surface area contributed by atoms with Crippen molar-refractivity contribution in [2.75, 3.05) is 6.54 Å². The van der Waals surface area contributed by atoms with Crippen LogP contribution in [0.3, 0.4) is 0 Å². The molecular formula is C24H29IN4O. The number of pyridine rings is 1. The maximum absolute atomic E-state index is 5.92. The van der Waals surface area contributed by atoms with Gasteiger partial charge in [0.1, 0.15) is 0 Å². The third-order valence-electron chi connectivity index (χ3n) is 4.40. The lowest BCUT2D eigenvalue weighted by molar-refractivity contribution is 0.106. The molecule has 3 aromatic rings. The van der Waals surface area contributed by atoms with E-state index in [9.17, 15) is 0 Å². The molecule has 3 rings (SSSR count). The van der Waals surface area contributed by atoms with Gasteiger partial charge in [-0.2, -0.15) is 0 Å². The monoisotopic (exact) mass is 516 g/mol. The number of ether oxygens (including phenoxy) is 1. The van der Waals surface area contributed by atoms with Crippen LogP contribution in [0.2, 0.25) is 0 Å². The Morgan fingerprint density at radius 2 is 1.60 bits per heavy atom. The fraction of sp³-hybridized carbons (Fsp3) is 0.250. The predicted molar refractivity (Wildman–Crippen MR) is 133 cm³/mol. The van der Waals surface area contributed by atoms with Crippen LogP contribution in [0.5, 0.6) is 0 Å². The topological polar surface area (TPSA) is 58.5 Å². The van der Waals surface area contributed by atoms with E-state index in [-0.39, 0.29) is 24.0 Å². The first kappa shape index (κ1) is 23.8. The summed E-state index contributed by atoms with van der Waals surface area (Å²) >= 11 is 0. The molecule has 1 aromatic heterocycles. The molecular weight excluding hydrogens is 487 g/mol. The largest absolute Gasteiger partial charge is 0.372 e. The number of nitrogens with one attached hydrogen (secondary N) is 2. The summed E-state index contributed by atoms with van der Waals surface area (Å²) in [7, 11) is 0. The van der Waals surface area contributed by atoms with Crippen molar-refractivity contribution in [1.29, 1.82) is 0 Å². The van der Waals surface area contributed by atoms with Crippen LogP contribution in [0.25, 0.3) is 0 Å². The fourth-order valence-electron chi connectivity index (χ4n) is 2.89. The lowest BCUT2D eigenvalue weighted by Gasteiger charge is -2.12. The van der Waals surface area contributed by atoms with Gasteiger partial charge in [0.15, 0.2) is 5.96 Å². The number of aliphatic imine (C=N–C) groups is 1. The van der Waals surface area contributed by atoms with Crippen molar-refractivity contribution in [1.82, 2.24) is 15.6 Å². The lowest BCUT2D eigenvalue weighted by atomic mass is 10.1. The van der Waals surface area contributed by atoms with Gasteiger partial charge in [0.05, 0.1) is 32.0 Å². The van der Waals surface area contributed by atoms with Crippen molar-refractivity contribution in [2.24, 2.45) is 4.99 Å². The second kappa shape index (κ2) is 13.7. The number of hydrogen-bond acceptors (Lipinski definition) is 3. The van der Waals surface area contributed by atoms with E-state index < -0.39 is 0 Å². The van der Waals surface area contributed by atoms with E-state index in [1.807, 2.05) is 48.5 Å². The van der Waals surface area contributed by atoms with E-state index in [4.69, 9.17) is 9.73 Å². The Bertz CT molecular complexity index is 888. The summed E-state index contributed by atoms with van der Waals surface area (Å²) in [5.41, 5.74) is 4.48. The normalized spacial score (nSPS) is 10.9. The van der Waals surface area contributed by atoms with Gasteiger partial charge in [-0.05, 0) is 35.7 Å². The highest BCUT2D eigenvalue weighted by Gasteiger charge is 2.04. The van der Waals surface area contributed by atoms with Gasteiger partial charge in [0.25, 0.3) is 0 Å². The first-order valence-corrected chi connectivity index (χ1v) is 9.95. The molecule has 2 N–H and O–H groups in total. The van der Waals surface area contributed by atoms with Crippen molar-refractivity contribution in [3.05, 3.63) is 101 Å². The van der Waals surface area contributed by atoms with E-state index in [2.05, 4.69) is 46.8 Å². The molecule has 0 fully saturated rings. The minimum absolute atomic E-state index is 0. The highest BCUT2D eigenvalue weighted by molar-refractivity contribution is 14.0. The predicted octanol–water partition coefficient (Wildman–Crippen LogP) is 4.67. The first-order chi connectivity index (χ1) is 14.3. The average Bonchev–Trinajstić information content (AvgIpc) is 2.78. The summed E-state index contributed by atoms with van der Waals surface area (Å²) in [5, 5.41) is 6.62. The highest BCUT2D eigenvalue weighted by atomic mass is 127. The second-order valence-corrected chi connectivity index (χ2v) is 6.62. The number of nitrogens with zero attached hydrogens (tertiary/aromatic N) is 2. The zero-order chi connectivity index (χ0) is 20.2. The smallest absolute Gasteiger partial charge is 0.191 e. The summed E-state index contributed by atoms with van der Waals surface area (Å²) in [6.45, 7) is 5.25. The molecule has 0 atom stereocenters. The Morgan fingerprint density at radius 1 is 0.867 bits per heavy atom. The third-order valence-corrected chi connectivity index (χ3v) is 4.40. The second-order valence-electron chi connectivity index (χ2n) is 6.62. The molecule has 0 unspecified atom stereocenters. The number of hydrogen-bond donors (Lipinski definition) is 2. The van der Waals surface area contributed by atoms with Crippen molar-refractivity contribution < 1.29 is 4.74 Å². The van der Waals surface area contributed by atoms with Gasteiger partial charge >= 0.3 is 0 Å². The molecule has 0 radical (unpaired) electrons. The van der Waals surface area contributed by atoms with Gasteiger partial charge in [-0.15, -0.1) is 24.0 Å². The Morgan fingerprint density at radius 3 is 2.33 bits per heavy atom. The minimum atomic E-state index is 0. The molecule has 0 bridgehead atoms. The zero-order valence-corrected chi connectivity index (χ0v) is 19.6. The quantitative estimate of drug-likeness (QED) is 0.247. The molecule has 5 nitrogen and oxygen atoms in total. The van der Waals surface area contributed by atoms with Crippen LogP contribution in [-0.4, -0.2) is 17.5 Å². The molecule has 6 heteroatoms. The maximum Gasteiger partial charge on any atom is 0.191 e. The van der Waals surface area contributed by atoms with E-state index in [1.54, 1.807) is 6.20 Å². The van der Waals surface area contributed by atoms with E-state index >= 15 is 0 Å². The molecule has 1 heterocycles. The number of aromatic nitrogens is 1. The van der Waals surface area contributed by atoms with Crippen LogP contribution in [-0.2, 0) is 31.0 Å². The summed E-state index contributed by atoms with van der Waals surface area (Å²) in [6.07, 6.45) is 1.80. The SMILES string of the molecule is CCNC(=NCc1ccccc1COCc1ccccc1)NCc1ccccn1.I. The lowest BCUT2D eigenvalue weighted by Crippen LogP contribution is -2.37. The number of benzene rings is 2. The van der Waals surface area contributed by atoms with Gasteiger partial charge in [0.2, 0.25) is 0 Å². The van der Waals surface area contributed by atoms with Gasteiger partial charge in [-0.1, -0.05) is 60.7 Å². The summed E-state index contributed by atoms with van der Waals surface area (Å²) < 4.78 is 5.92. The van der Waals surface area contributed by atoms with Crippen LogP contribution in [0.4, 0.5) is 0 Å². The van der Waals surface area contributed by atoms with Crippen LogP contribution >= 0.6 is 24.0 Å². The van der Waals surface area contributed by atoms with E-state index in [0.717, 1.165) is 29.3 Å². The standard InChI is InChI=1S/C24H28N4O.HI/c1-2-25-24(28-17-23-14-8-9-15-26-23)27-16-21-12-6-7-13-22(21)19-29-18-20-10-4-3-5-11-20;/h3-15H,2,16-19H2,1H3,(H2,25,27,28);1H. The molecule has 0 aliphatic heterocycles. The van der Waals surface area contributed by atoms with Gasteiger partial charge in [-0.3, -0.25) is 4.98 Å². The molecule has 30 heavy (non-hydrogen) atoms. The van der Waals surface area contributed by atoms with Crippen molar-refractivity contribution >= 4 is 29.9 Å². The number of rotatable bonds is 9. The molecule has 2 aromatic carbocycles. The maximum atomic E-state index is 5.92.